The number of piperazine rings is 1. The Labute approximate surface area is 128 Å². The minimum atomic E-state index is -0.0433. The van der Waals surface area contributed by atoms with Gasteiger partial charge in [0.15, 0.2) is 0 Å². The third-order valence-corrected chi connectivity index (χ3v) is 4.21. The van der Waals surface area contributed by atoms with Crippen molar-refractivity contribution in [3.05, 3.63) is 11.9 Å². The summed E-state index contributed by atoms with van der Waals surface area (Å²) in [7, 11) is 4.13. The Morgan fingerprint density at radius 2 is 2.00 bits per heavy atom. The van der Waals surface area contributed by atoms with E-state index in [1.807, 2.05) is 7.05 Å². The van der Waals surface area contributed by atoms with Gasteiger partial charge in [-0.1, -0.05) is 27.7 Å². The van der Waals surface area contributed by atoms with Gasteiger partial charge in [0.1, 0.15) is 17.5 Å². The number of hydrogen-bond donors (Lipinski definition) is 1. The normalized spacial score (nSPS) is 20.7. The van der Waals surface area contributed by atoms with Crippen LogP contribution in [-0.2, 0) is 5.41 Å². The quantitative estimate of drug-likeness (QED) is 0.926. The van der Waals surface area contributed by atoms with Crippen molar-refractivity contribution >= 4 is 11.6 Å². The van der Waals surface area contributed by atoms with Crippen molar-refractivity contribution in [2.24, 2.45) is 0 Å². The second kappa shape index (κ2) is 6.18. The molecule has 0 spiro atoms. The van der Waals surface area contributed by atoms with Crippen LogP contribution in [0.3, 0.4) is 0 Å². The summed E-state index contributed by atoms with van der Waals surface area (Å²) in [6.07, 6.45) is 1.17. The molecule has 1 N–H and O–H groups in total. The van der Waals surface area contributed by atoms with Crippen LogP contribution in [0.4, 0.5) is 11.6 Å². The predicted octanol–water partition coefficient (Wildman–Crippen LogP) is 2.35. The van der Waals surface area contributed by atoms with Gasteiger partial charge in [0.25, 0.3) is 0 Å². The Morgan fingerprint density at radius 3 is 2.57 bits per heavy atom. The van der Waals surface area contributed by atoms with E-state index in [2.05, 4.69) is 60.9 Å². The summed E-state index contributed by atoms with van der Waals surface area (Å²) in [5.41, 5.74) is -0.0433. The number of nitrogens with zero attached hydrogens (tertiary/aromatic N) is 4. The van der Waals surface area contributed by atoms with Crippen molar-refractivity contribution in [3.63, 3.8) is 0 Å². The summed E-state index contributed by atoms with van der Waals surface area (Å²) in [5.74, 6) is 2.85. The monoisotopic (exact) mass is 291 g/mol. The highest BCUT2D eigenvalue weighted by atomic mass is 15.3. The van der Waals surface area contributed by atoms with Crippen molar-refractivity contribution in [1.29, 1.82) is 0 Å². The van der Waals surface area contributed by atoms with Crippen LogP contribution in [0.25, 0.3) is 0 Å². The molecule has 0 bridgehead atoms. The average Bonchev–Trinajstić information content (AvgIpc) is 2.46. The Balaban J connectivity index is 2.30. The molecule has 21 heavy (non-hydrogen) atoms. The van der Waals surface area contributed by atoms with Crippen molar-refractivity contribution in [2.75, 3.05) is 43.9 Å². The molecular formula is C16H29N5. The van der Waals surface area contributed by atoms with E-state index in [4.69, 9.17) is 4.98 Å². The highest BCUT2D eigenvalue weighted by Crippen LogP contribution is 2.25. The average molecular weight is 291 g/mol. The van der Waals surface area contributed by atoms with E-state index in [0.29, 0.717) is 6.04 Å². The van der Waals surface area contributed by atoms with Gasteiger partial charge in [0.05, 0.1) is 0 Å². The standard InChI is InChI=1S/C16H29N5/c1-7-12-11-21(9-8-20(12)6)14-10-13(17-5)18-15(19-14)16(2,3)4/h10,12H,7-9,11H2,1-6H3,(H,17,18,19). The smallest absolute Gasteiger partial charge is 0.138 e. The third kappa shape index (κ3) is 3.64. The fourth-order valence-corrected chi connectivity index (χ4v) is 2.65. The summed E-state index contributed by atoms with van der Waals surface area (Å²) < 4.78 is 0. The molecule has 0 amide bonds. The maximum Gasteiger partial charge on any atom is 0.138 e. The van der Waals surface area contributed by atoms with Gasteiger partial charge in [-0.15, -0.1) is 0 Å². The molecule has 5 heteroatoms. The molecule has 0 aromatic carbocycles. The lowest BCUT2D eigenvalue weighted by atomic mass is 9.95. The molecule has 1 aromatic rings. The third-order valence-electron chi connectivity index (χ3n) is 4.21. The van der Waals surface area contributed by atoms with Crippen molar-refractivity contribution in [3.8, 4) is 0 Å². The van der Waals surface area contributed by atoms with Gasteiger partial charge in [-0.3, -0.25) is 4.90 Å². The van der Waals surface area contributed by atoms with Crippen LogP contribution in [0.1, 0.15) is 39.9 Å². The van der Waals surface area contributed by atoms with Crippen LogP contribution in [-0.4, -0.2) is 54.6 Å². The number of likely N-dealkylation sites (N-methyl/N-ethyl adjacent to an activating group) is 1. The largest absolute Gasteiger partial charge is 0.373 e. The Morgan fingerprint density at radius 1 is 1.29 bits per heavy atom. The zero-order valence-electron chi connectivity index (χ0n) is 14.3. The van der Waals surface area contributed by atoms with Crippen LogP contribution in [0.15, 0.2) is 6.07 Å². The van der Waals surface area contributed by atoms with Crippen molar-refractivity contribution in [1.82, 2.24) is 14.9 Å². The molecule has 1 fully saturated rings. The number of rotatable bonds is 3. The van der Waals surface area contributed by atoms with Gasteiger partial charge >= 0.3 is 0 Å². The molecular weight excluding hydrogens is 262 g/mol. The zero-order valence-corrected chi connectivity index (χ0v) is 14.3. The van der Waals surface area contributed by atoms with Gasteiger partial charge in [-0.25, -0.2) is 9.97 Å². The first kappa shape index (κ1) is 16.0. The van der Waals surface area contributed by atoms with E-state index in [1.165, 1.54) is 6.42 Å². The topological polar surface area (TPSA) is 44.3 Å². The zero-order chi connectivity index (χ0) is 15.6. The summed E-state index contributed by atoms with van der Waals surface area (Å²) >= 11 is 0. The van der Waals surface area contributed by atoms with Crippen LogP contribution >= 0.6 is 0 Å². The summed E-state index contributed by atoms with van der Waals surface area (Å²) in [6.45, 7) is 11.9. The minimum absolute atomic E-state index is 0.0433. The second-order valence-electron chi connectivity index (χ2n) is 6.92. The van der Waals surface area contributed by atoms with Crippen molar-refractivity contribution < 1.29 is 0 Å². The molecule has 1 unspecified atom stereocenters. The Hall–Kier alpha value is -1.36. The SMILES string of the molecule is CCC1CN(c2cc(NC)nc(C(C)(C)C)n2)CCN1C. The second-order valence-corrected chi connectivity index (χ2v) is 6.92. The molecule has 0 radical (unpaired) electrons. The first-order valence-corrected chi connectivity index (χ1v) is 7.87. The molecule has 2 rings (SSSR count). The van der Waals surface area contributed by atoms with E-state index >= 15 is 0 Å². The molecule has 1 aliphatic heterocycles. The van der Waals surface area contributed by atoms with Gasteiger partial charge in [-0.2, -0.15) is 0 Å². The lowest BCUT2D eigenvalue weighted by Gasteiger charge is -2.40. The van der Waals surface area contributed by atoms with E-state index < -0.39 is 0 Å². The lowest BCUT2D eigenvalue weighted by Crippen LogP contribution is -2.51. The molecule has 1 aromatic heterocycles. The highest BCUT2D eigenvalue weighted by molar-refractivity contribution is 5.50. The molecule has 5 nitrogen and oxygen atoms in total. The van der Waals surface area contributed by atoms with Gasteiger partial charge in [0.2, 0.25) is 0 Å². The van der Waals surface area contributed by atoms with E-state index in [-0.39, 0.29) is 5.41 Å². The molecule has 0 aliphatic carbocycles. The fourth-order valence-electron chi connectivity index (χ4n) is 2.65. The maximum atomic E-state index is 4.83. The predicted molar refractivity (Wildman–Crippen MR) is 89.2 cm³/mol. The Kier molecular flexibility index (Phi) is 4.71. The number of hydrogen-bond acceptors (Lipinski definition) is 5. The van der Waals surface area contributed by atoms with Gasteiger partial charge in [0, 0.05) is 44.2 Å². The molecule has 118 valence electrons. The first-order valence-electron chi connectivity index (χ1n) is 7.87. The van der Waals surface area contributed by atoms with Gasteiger partial charge < -0.3 is 10.2 Å². The minimum Gasteiger partial charge on any atom is -0.373 e. The number of aromatic nitrogens is 2. The van der Waals surface area contributed by atoms with Crippen molar-refractivity contribution in [2.45, 2.75) is 45.6 Å². The summed E-state index contributed by atoms with van der Waals surface area (Å²) in [5, 5.41) is 3.16. The molecule has 1 atom stereocenters. The fraction of sp³-hybridized carbons (Fsp3) is 0.750. The number of anilines is 2. The van der Waals surface area contributed by atoms with E-state index in [9.17, 15) is 0 Å². The lowest BCUT2D eigenvalue weighted by molar-refractivity contribution is 0.213. The molecule has 1 saturated heterocycles. The van der Waals surface area contributed by atoms with E-state index in [0.717, 1.165) is 37.1 Å². The van der Waals surface area contributed by atoms with Gasteiger partial charge in [-0.05, 0) is 13.5 Å². The first-order chi connectivity index (χ1) is 9.85. The molecule has 0 saturated carbocycles. The summed E-state index contributed by atoms with van der Waals surface area (Å²) in [6, 6.07) is 2.66. The van der Waals surface area contributed by atoms with Crippen LogP contribution in [0.2, 0.25) is 0 Å². The van der Waals surface area contributed by atoms with Crippen LogP contribution in [0, 0.1) is 0 Å². The maximum absolute atomic E-state index is 4.83. The molecule has 1 aliphatic rings. The summed E-state index contributed by atoms with van der Waals surface area (Å²) in [4.78, 5) is 14.3. The van der Waals surface area contributed by atoms with Crippen LogP contribution in [0.5, 0.6) is 0 Å². The highest BCUT2D eigenvalue weighted by Gasteiger charge is 2.26. The van der Waals surface area contributed by atoms with Crippen LogP contribution < -0.4 is 10.2 Å². The van der Waals surface area contributed by atoms with E-state index in [1.54, 1.807) is 0 Å². The number of nitrogens with one attached hydrogen (secondary N) is 1. The Bertz CT molecular complexity index is 480. The molecule has 2 heterocycles.